The molecule has 0 spiro atoms. The summed E-state index contributed by atoms with van der Waals surface area (Å²) in [4.78, 5) is 37.2. The van der Waals surface area contributed by atoms with Crippen molar-refractivity contribution in [1.29, 1.82) is 0 Å². The van der Waals surface area contributed by atoms with Crippen molar-refractivity contribution in [2.75, 3.05) is 20.5 Å². The average Bonchev–Trinajstić information content (AvgIpc) is 2.50. The molecule has 1 heterocycles. The number of hydrogen-bond acceptors (Lipinski definition) is 7. The maximum Gasteiger partial charge on any atom is 0.345 e. The van der Waals surface area contributed by atoms with Crippen LogP contribution in [0.5, 0.6) is 0 Å². The largest absolute Gasteiger partial charge is 0.465 e. The van der Waals surface area contributed by atoms with E-state index >= 15 is 0 Å². The molecule has 0 aromatic rings. The van der Waals surface area contributed by atoms with E-state index in [1.165, 1.54) is 26.0 Å². The van der Waals surface area contributed by atoms with Crippen molar-refractivity contribution in [2.45, 2.75) is 20.3 Å². The molecule has 0 atom stereocenters. The lowest BCUT2D eigenvalue weighted by Gasteiger charge is -2.32. The minimum atomic E-state index is -0.646. The Morgan fingerprint density at radius 3 is 2.35 bits per heavy atom. The highest BCUT2D eigenvalue weighted by molar-refractivity contribution is 8.24. The van der Waals surface area contributed by atoms with Gasteiger partial charge in [-0.05, 0) is 17.2 Å². The summed E-state index contributed by atoms with van der Waals surface area (Å²) in [6.07, 6.45) is 4.06. The molecule has 0 aromatic carbocycles. The fourth-order valence-corrected chi connectivity index (χ4v) is 4.57. The lowest BCUT2D eigenvalue weighted by molar-refractivity contribution is -0.138. The quantitative estimate of drug-likeness (QED) is 0.722. The number of esters is 2. The van der Waals surface area contributed by atoms with Crippen molar-refractivity contribution < 1.29 is 23.9 Å². The van der Waals surface area contributed by atoms with Crippen LogP contribution < -0.4 is 0 Å². The van der Waals surface area contributed by atoms with Crippen LogP contribution in [0.3, 0.4) is 0 Å². The summed E-state index contributed by atoms with van der Waals surface area (Å²) in [5, 5.41) is 0. The summed E-state index contributed by atoms with van der Waals surface area (Å²) in [6, 6.07) is 0. The first-order valence-corrected chi connectivity index (χ1v) is 8.93. The maximum absolute atomic E-state index is 12.6. The zero-order valence-electron chi connectivity index (χ0n) is 13.6. The number of Topliss-reactive ketones (excluding diaryl/α,β-unsaturated/α-hetero) is 1. The molecule has 2 rings (SSSR count). The molecule has 0 amide bonds. The number of thioether (sulfide) groups is 2. The molecule has 1 aliphatic heterocycles. The fraction of sp³-hybridized carbons (Fsp3) is 0.438. The molecule has 0 saturated heterocycles. The first-order valence-electron chi connectivity index (χ1n) is 6.89. The number of rotatable bonds is 3. The number of fused-ring (bicyclic) bond motifs is 1. The zero-order valence-corrected chi connectivity index (χ0v) is 15.3. The highest BCUT2D eigenvalue weighted by Gasteiger charge is 2.41. The van der Waals surface area contributed by atoms with Gasteiger partial charge >= 0.3 is 11.9 Å². The minimum absolute atomic E-state index is 0.0327. The Morgan fingerprint density at radius 1 is 1.22 bits per heavy atom. The van der Waals surface area contributed by atoms with Gasteiger partial charge in [-0.1, -0.05) is 31.7 Å². The summed E-state index contributed by atoms with van der Waals surface area (Å²) in [7, 11) is 2.51. The monoisotopic (exact) mass is 354 g/mol. The van der Waals surface area contributed by atoms with Crippen LogP contribution in [-0.4, -0.2) is 38.2 Å². The summed E-state index contributed by atoms with van der Waals surface area (Å²) >= 11 is 2.47. The van der Waals surface area contributed by atoms with E-state index in [2.05, 4.69) is 0 Å². The Morgan fingerprint density at radius 2 is 1.83 bits per heavy atom. The molecule has 0 N–H and O–H groups in total. The number of carbonyl (C=O) groups is 3. The summed E-state index contributed by atoms with van der Waals surface area (Å²) < 4.78 is 10.3. The van der Waals surface area contributed by atoms with Crippen LogP contribution in [0.4, 0.5) is 0 Å². The molecular weight excluding hydrogens is 336 g/mol. The van der Waals surface area contributed by atoms with Gasteiger partial charge in [0, 0.05) is 12.0 Å². The number of methoxy groups -OCH3 is 2. The lowest BCUT2D eigenvalue weighted by Crippen LogP contribution is -2.29. The van der Waals surface area contributed by atoms with Crippen molar-refractivity contribution in [1.82, 2.24) is 0 Å². The standard InChI is InChI=1S/C16H18O5S2/c1-16(2)6-8-10(9(17)7-16)15(22-5)23-12(14(19)21-4)11(8)13(18)20-3/h6H,7H2,1-5H3. The van der Waals surface area contributed by atoms with Gasteiger partial charge in [0.2, 0.25) is 0 Å². The van der Waals surface area contributed by atoms with Gasteiger partial charge in [-0.2, -0.15) is 0 Å². The van der Waals surface area contributed by atoms with Crippen molar-refractivity contribution in [3.8, 4) is 0 Å². The lowest BCUT2D eigenvalue weighted by atomic mass is 9.75. The topological polar surface area (TPSA) is 69.7 Å². The van der Waals surface area contributed by atoms with E-state index in [0.29, 0.717) is 21.8 Å². The van der Waals surface area contributed by atoms with E-state index in [1.807, 2.05) is 26.2 Å². The Labute approximate surface area is 143 Å². The summed E-state index contributed by atoms with van der Waals surface area (Å²) in [6.45, 7) is 3.84. The van der Waals surface area contributed by atoms with Crippen molar-refractivity contribution in [3.05, 3.63) is 31.9 Å². The summed E-state index contributed by atoms with van der Waals surface area (Å²) in [5.41, 5.74) is 0.678. The van der Waals surface area contributed by atoms with E-state index in [1.54, 1.807) is 0 Å². The third kappa shape index (κ3) is 3.26. The van der Waals surface area contributed by atoms with Gasteiger partial charge in [0.1, 0.15) is 4.91 Å². The maximum atomic E-state index is 12.6. The minimum Gasteiger partial charge on any atom is -0.465 e. The average molecular weight is 354 g/mol. The van der Waals surface area contributed by atoms with Gasteiger partial charge < -0.3 is 9.47 Å². The van der Waals surface area contributed by atoms with Gasteiger partial charge in [-0.25, -0.2) is 9.59 Å². The third-order valence-corrected chi connectivity index (χ3v) is 5.83. The van der Waals surface area contributed by atoms with E-state index < -0.39 is 17.4 Å². The molecular formula is C16H18O5S2. The second kappa shape index (κ2) is 6.57. The first-order chi connectivity index (χ1) is 10.8. The van der Waals surface area contributed by atoms with Crippen molar-refractivity contribution in [3.63, 3.8) is 0 Å². The molecule has 2 aliphatic rings. The molecule has 0 unspecified atom stereocenters. The Bertz CT molecular complexity index is 683. The van der Waals surface area contributed by atoms with Gasteiger partial charge in [-0.3, -0.25) is 4.79 Å². The van der Waals surface area contributed by atoms with Crippen LogP contribution in [0.2, 0.25) is 0 Å². The second-order valence-corrected chi connectivity index (χ2v) is 7.90. The number of carbonyl (C=O) groups excluding carboxylic acids is 3. The Kier molecular flexibility index (Phi) is 5.10. The second-order valence-electron chi connectivity index (χ2n) is 5.80. The van der Waals surface area contributed by atoms with E-state index in [9.17, 15) is 14.4 Å². The molecule has 0 fully saturated rings. The van der Waals surface area contributed by atoms with Crippen LogP contribution in [0.25, 0.3) is 0 Å². The van der Waals surface area contributed by atoms with Crippen LogP contribution >= 0.6 is 23.5 Å². The van der Waals surface area contributed by atoms with E-state index in [4.69, 9.17) is 9.47 Å². The fourth-order valence-electron chi connectivity index (χ4n) is 2.59. The predicted octanol–water partition coefficient (Wildman–Crippen LogP) is 2.83. The molecule has 0 aromatic heterocycles. The van der Waals surface area contributed by atoms with Crippen LogP contribution in [0.15, 0.2) is 31.9 Å². The highest BCUT2D eigenvalue weighted by atomic mass is 32.2. The van der Waals surface area contributed by atoms with Crippen LogP contribution in [-0.2, 0) is 23.9 Å². The Balaban J connectivity index is 2.77. The number of ketones is 1. The molecule has 7 heteroatoms. The van der Waals surface area contributed by atoms with Gasteiger partial charge in [0.15, 0.2) is 5.78 Å². The van der Waals surface area contributed by atoms with Crippen molar-refractivity contribution >= 4 is 41.2 Å². The first kappa shape index (κ1) is 17.9. The number of ether oxygens (including phenoxy) is 2. The zero-order chi connectivity index (χ0) is 17.4. The molecule has 0 bridgehead atoms. The third-order valence-electron chi connectivity index (χ3n) is 3.54. The SMILES string of the molecule is COC(=O)C1=C(C(=O)OC)C2=CC(C)(C)CC(=O)C2=C(SC)S1. The van der Waals surface area contributed by atoms with Crippen LogP contribution in [0.1, 0.15) is 20.3 Å². The molecule has 1 aliphatic carbocycles. The number of hydrogen-bond donors (Lipinski definition) is 0. The van der Waals surface area contributed by atoms with Gasteiger partial charge in [0.25, 0.3) is 0 Å². The molecule has 23 heavy (non-hydrogen) atoms. The predicted molar refractivity (Wildman–Crippen MR) is 90.7 cm³/mol. The van der Waals surface area contributed by atoms with Crippen molar-refractivity contribution in [2.24, 2.45) is 5.41 Å². The smallest absolute Gasteiger partial charge is 0.345 e. The van der Waals surface area contributed by atoms with Crippen LogP contribution in [0, 0.1) is 5.41 Å². The Hall–Kier alpha value is -1.47. The highest BCUT2D eigenvalue weighted by Crippen LogP contribution is 2.50. The number of allylic oxidation sites excluding steroid dienone is 2. The molecule has 124 valence electrons. The van der Waals surface area contributed by atoms with E-state index in [-0.39, 0.29) is 16.3 Å². The van der Waals surface area contributed by atoms with Gasteiger partial charge in [-0.15, -0.1) is 11.8 Å². The van der Waals surface area contributed by atoms with Gasteiger partial charge in [0.05, 0.1) is 24.0 Å². The molecule has 5 nitrogen and oxygen atoms in total. The summed E-state index contributed by atoms with van der Waals surface area (Å²) in [5.74, 6) is -1.29. The van der Waals surface area contributed by atoms with E-state index in [0.717, 1.165) is 11.8 Å². The normalized spacial score (nSPS) is 20.0. The molecule has 0 radical (unpaired) electrons. The molecule has 0 saturated carbocycles.